The summed E-state index contributed by atoms with van der Waals surface area (Å²) in [5.74, 6) is 0.694. The van der Waals surface area contributed by atoms with E-state index in [9.17, 15) is 0 Å². The molecule has 6 heteroatoms. The van der Waals surface area contributed by atoms with Gasteiger partial charge in [0.25, 0.3) is 0 Å². The highest BCUT2D eigenvalue weighted by Gasteiger charge is 2.10. The van der Waals surface area contributed by atoms with Gasteiger partial charge in [0.2, 0.25) is 0 Å². The van der Waals surface area contributed by atoms with Gasteiger partial charge in [-0.3, -0.25) is 0 Å². The van der Waals surface area contributed by atoms with E-state index in [2.05, 4.69) is 20.3 Å². The van der Waals surface area contributed by atoms with Gasteiger partial charge in [-0.1, -0.05) is 41.4 Å². The van der Waals surface area contributed by atoms with E-state index in [1.165, 1.54) is 0 Å². The lowest BCUT2D eigenvalue weighted by atomic mass is 10.2. The van der Waals surface area contributed by atoms with E-state index in [4.69, 9.17) is 23.2 Å². The fourth-order valence-corrected chi connectivity index (χ4v) is 2.74. The maximum Gasteiger partial charge on any atom is 0.158 e. The number of hydrogen-bond acceptors (Lipinski definition) is 3. The highest BCUT2D eigenvalue weighted by atomic mass is 35.5. The summed E-state index contributed by atoms with van der Waals surface area (Å²) in [6.07, 6.45) is 1.54. The van der Waals surface area contributed by atoms with Crippen LogP contribution in [0.15, 0.2) is 48.8 Å². The van der Waals surface area contributed by atoms with Crippen molar-refractivity contribution in [3.05, 3.63) is 58.8 Å². The van der Waals surface area contributed by atoms with Crippen molar-refractivity contribution in [2.75, 3.05) is 5.32 Å². The van der Waals surface area contributed by atoms with Crippen molar-refractivity contribution in [2.24, 2.45) is 0 Å². The third-order valence-electron chi connectivity index (χ3n) is 3.47. The van der Waals surface area contributed by atoms with Gasteiger partial charge in [-0.25, -0.2) is 9.97 Å². The molecular formula is C16H10Cl2N4. The number of nitrogens with one attached hydrogen (secondary N) is 2. The molecule has 4 aromatic rings. The Balaban J connectivity index is 1.86. The summed E-state index contributed by atoms with van der Waals surface area (Å²) in [4.78, 5) is 12.0. The zero-order chi connectivity index (χ0) is 15.1. The van der Waals surface area contributed by atoms with Gasteiger partial charge in [0.15, 0.2) is 5.82 Å². The lowest BCUT2D eigenvalue weighted by Crippen LogP contribution is -1.95. The highest BCUT2D eigenvalue weighted by Crippen LogP contribution is 2.30. The van der Waals surface area contributed by atoms with E-state index < -0.39 is 0 Å². The summed E-state index contributed by atoms with van der Waals surface area (Å²) in [6.45, 7) is 0. The molecule has 0 spiro atoms. The van der Waals surface area contributed by atoms with Crippen LogP contribution in [0.4, 0.5) is 11.5 Å². The number of nitrogens with zero attached hydrogens (tertiary/aromatic N) is 2. The van der Waals surface area contributed by atoms with E-state index in [1.807, 2.05) is 30.3 Å². The molecule has 2 N–H and O–H groups in total. The molecule has 22 heavy (non-hydrogen) atoms. The number of aromatic nitrogens is 3. The molecule has 0 saturated heterocycles. The van der Waals surface area contributed by atoms with Gasteiger partial charge in [0, 0.05) is 16.6 Å². The van der Waals surface area contributed by atoms with Gasteiger partial charge < -0.3 is 10.3 Å². The molecule has 0 unspecified atom stereocenters. The molecular weight excluding hydrogens is 319 g/mol. The van der Waals surface area contributed by atoms with E-state index >= 15 is 0 Å². The number of para-hydroxylation sites is 1. The fourth-order valence-electron chi connectivity index (χ4n) is 2.45. The predicted molar refractivity (Wildman–Crippen MR) is 91.1 cm³/mol. The lowest BCUT2D eigenvalue weighted by Gasteiger charge is -2.07. The molecule has 4 nitrogen and oxygen atoms in total. The van der Waals surface area contributed by atoms with Crippen molar-refractivity contribution in [3.63, 3.8) is 0 Å². The van der Waals surface area contributed by atoms with Gasteiger partial charge in [-0.15, -0.1) is 0 Å². The second-order valence-electron chi connectivity index (χ2n) is 4.87. The zero-order valence-electron chi connectivity index (χ0n) is 11.3. The summed E-state index contributed by atoms with van der Waals surface area (Å²) in [5.41, 5.74) is 3.58. The van der Waals surface area contributed by atoms with Crippen molar-refractivity contribution >= 4 is 56.6 Å². The van der Waals surface area contributed by atoms with E-state index in [-0.39, 0.29) is 0 Å². The molecule has 0 fully saturated rings. The van der Waals surface area contributed by atoms with Crippen LogP contribution in [0.2, 0.25) is 10.0 Å². The molecule has 0 amide bonds. The zero-order valence-corrected chi connectivity index (χ0v) is 12.8. The Morgan fingerprint density at radius 3 is 2.68 bits per heavy atom. The van der Waals surface area contributed by atoms with Crippen LogP contribution in [-0.4, -0.2) is 15.0 Å². The number of fused-ring (bicyclic) bond motifs is 3. The van der Waals surface area contributed by atoms with Crippen molar-refractivity contribution in [1.82, 2.24) is 15.0 Å². The predicted octanol–water partition coefficient (Wildman–Crippen LogP) is 5.16. The van der Waals surface area contributed by atoms with Crippen LogP contribution in [0.1, 0.15) is 0 Å². The van der Waals surface area contributed by atoms with Crippen LogP contribution < -0.4 is 5.32 Å². The van der Waals surface area contributed by atoms with Crippen LogP contribution >= 0.6 is 23.2 Å². The third kappa shape index (κ3) is 2.17. The monoisotopic (exact) mass is 328 g/mol. The van der Waals surface area contributed by atoms with Crippen molar-refractivity contribution in [3.8, 4) is 0 Å². The largest absolute Gasteiger partial charge is 0.350 e. The first-order valence-corrected chi connectivity index (χ1v) is 7.41. The molecule has 0 saturated carbocycles. The minimum Gasteiger partial charge on any atom is -0.350 e. The Morgan fingerprint density at radius 2 is 1.82 bits per heavy atom. The van der Waals surface area contributed by atoms with Crippen LogP contribution in [-0.2, 0) is 0 Å². The summed E-state index contributed by atoms with van der Waals surface area (Å²) < 4.78 is 0. The Labute approximate surface area is 136 Å². The van der Waals surface area contributed by atoms with Gasteiger partial charge in [0.1, 0.15) is 17.4 Å². The molecule has 0 aliphatic heterocycles. The van der Waals surface area contributed by atoms with Crippen LogP contribution in [0.5, 0.6) is 0 Å². The Morgan fingerprint density at radius 1 is 0.955 bits per heavy atom. The Kier molecular flexibility index (Phi) is 3.13. The SMILES string of the molecule is Clc1ccc(Nc2ncnc3c2[nH]c2ccccc23)cc1Cl. The fraction of sp³-hybridized carbons (Fsp3) is 0. The van der Waals surface area contributed by atoms with E-state index in [1.54, 1.807) is 18.5 Å². The molecule has 0 bridgehead atoms. The number of benzene rings is 2. The molecule has 4 rings (SSSR count). The maximum absolute atomic E-state index is 6.05. The normalized spacial score (nSPS) is 11.2. The Bertz CT molecular complexity index is 994. The van der Waals surface area contributed by atoms with Crippen molar-refractivity contribution < 1.29 is 0 Å². The molecule has 0 aliphatic carbocycles. The van der Waals surface area contributed by atoms with Crippen LogP contribution in [0.25, 0.3) is 21.9 Å². The van der Waals surface area contributed by atoms with E-state index in [0.717, 1.165) is 27.6 Å². The summed E-state index contributed by atoms with van der Waals surface area (Å²) in [6, 6.07) is 13.4. The van der Waals surface area contributed by atoms with Gasteiger partial charge in [0.05, 0.1) is 10.0 Å². The van der Waals surface area contributed by atoms with Gasteiger partial charge >= 0.3 is 0 Å². The van der Waals surface area contributed by atoms with Crippen molar-refractivity contribution in [2.45, 2.75) is 0 Å². The molecule has 2 heterocycles. The number of rotatable bonds is 2. The number of H-pyrrole nitrogens is 1. The summed E-state index contributed by atoms with van der Waals surface area (Å²) >= 11 is 12.0. The minimum absolute atomic E-state index is 0.494. The third-order valence-corrected chi connectivity index (χ3v) is 4.21. The quantitative estimate of drug-likeness (QED) is 0.534. The smallest absolute Gasteiger partial charge is 0.158 e. The summed E-state index contributed by atoms with van der Waals surface area (Å²) in [7, 11) is 0. The van der Waals surface area contributed by atoms with Gasteiger partial charge in [-0.2, -0.15) is 0 Å². The topological polar surface area (TPSA) is 53.6 Å². The van der Waals surface area contributed by atoms with Crippen LogP contribution in [0.3, 0.4) is 0 Å². The number of aromatic amines is 1. The minimum atomic E-state index is 0.494. The average Bonchev–Trinajstić information content (AvgIpc) is 2.91. The molecule has 0 atom stereocenters. The lowest BCUT2D eigenvalue weighted by molar-refractivity contribution is 1.22. The Hall–Kier alpha value is -2.30. The molecule has 2 aromatic heterocycles. The second-order valence-corrected chi connectivity index (χ2v) is 5.68. The highest BCUT2D eigenvalue weighted by molar-refractivity contribution is 6.42. The standard InChI is InChI=1S/C16H10Cl2N4/c17-11-6-5-9(7-12(11)18)21-16-15-14(19-8-20-16)10-3-1-2-4-13(10)22-15/h1-8,22H,(H,19,20,21). The molecule has 2 aromatic carbocycles. The molecule has 0 radical (unpaired) electrons. The first-order chi connectivity index (χ1) is 10.7. The second kappa shape index (κ2) is 5.16. The molecule has 108 valence electrons. The number of hydrogen-bond donors (Lipinski definition) is 2. The van der Waals surface area contributed by atoms with Crippen molar-refractivity contribution in [1.29, 1.82) is 0 Å². The van der Waals surface area contributed by atoms with Crippen LogP contribution in [0, 0.1) is 0 Å². The van der Waals surface area contributed by atoms with E-state index in [0.29, 0.717) is 15.9 Å². The first-order valence-electron chi connectivity index (χ1n) is 6.66. The molecule has 0 aliphatic rings. The maximum atomic E-state index is 6.05. The number of halogens is 2. The number of anilines is 2. The van der Waals surface area contributed by atoms with Gasteiger partial charge in [-0.05, 0) is 24.3 Å². The average molecular weight is 329 g/mol. The first kappa shape index (κ1) is 13.4. The summed E-state index contributed by atoms with van der Waals surface area (Å²) in [5, 5.41) is 5.33.